The fraction of sp³-hybridized carbons (Fsp3) is 0.429. The number of carbonyl (C=O) groups is 1. The van der Waals surface area contributed by atoms with E-state index in [-0.39, 0.29) is 5.01 Å². The van der Waals surface area contributed by atoms with Gasteiger partial charge in [0.25, 0.3) is 0 Å². The molecule has 5 nitrogen and oxygen atoms in total. The highest BCUT2D eigenvalue weighted by molar-refractivity contribution is 7.16. The van der Waals surface area contributed by atoms with Crippen LogP contribution in [0.15, 0.2) is 4.99 Å². The van der Waals surface area contributed by atoms with Gasteiger partial charge in [-0.25, -0.2) is 9.79 Å². The van der Waals surface area contributed by atoms with Crippen molar-refractivity contribution in [1.82, 2.24) is 10.2 Å². The van der Waals surface area contributed by atoms with Gasteiger partial charge in [0.2, 0.25) is 10.1 Å². The van der Waals surface area contributed by atoms with Gasteiger partial charge in [0, 0.05) is 0 Å². The average molecular weight is 199 g/mol. The molecule has 6 heteroatoms. The Kier molecular flexibility index (Phi) is 3.51. The summed E-state index contributed by atoms with van der Waals surface area (Å²) in [4.78, 5) is 14.7. The molecule has 1 heterocycles. The van der Waals surface area contributed by atoms with Crippen LogP contribution in [0.2, 0.25) is 0 Å². The van der Waals surface area contributed by atoms with Crippen LogP contribution in [0, 0.1) is 0 Å². The second kappa shape index (κ2) is 4.66. The molecule has 0 N–H and O–H groups in total. The average Bonchev–Trinajstić information content (AvgIpc) is 2.62. The van der Waals surface area contributed by atoms with E-state index in [2.05, 4.69) is 21.9 Å². The molecular weight excluding hydrogens is 190 g/mol. The van der Waals surface area contributed by atoms with Gasteiger partial charge in [-0.2, -0.15) is 0 Å². The number of rotatable bonds is 4. The lowest BCUT2D eigenvalue weighted by molar-refractivity contribution is 0.0503. The summed E-state index contributed by atoms with van der Waals surface area (Å²) in [6.45, 7) is 5.59. The third-order valence-corrected chi connectivity index (χ3v) is 2.00. The summed E-state index contributed by atoms with van der Waals surface area (Å²) in [5, 5.41) is 7.80. The zero-order valence-corrected chi connectivity index (χ0v) is 8.00. The first-order valence-electron chi connectivity index (χ1n) is 3.75. The smallest absolute Gasteiger partial charge is 0.369 e. The summed E-state index contributed by atoms with van der Waals surface area (Å²) in [5.41, 5.74) is 0. The molecular formula is C7H9N3O2S. The molecule has 1 rings (SSSR count). The molecule has 0 unspecified atom stereocenters. The number of nitrogens with zero attached hydrogens (tertiary/aromatic N) is 3. The number of hydrogen-bond acceptors (Lipinski definition) is 6. The number of aliphatic imine (C=N–C) groups is 1. The van der Waals surface area contributed by atoms with Crippen LogP contribution >= 0.6 is 11.3 Å². The lowest BCUT2D eigenvalue weighted by Crippen LogP contribution is -2.05. The first-order valence-corrected chi connectivity index (χ1v) is 4.57. The van der Waals surface area contributed by atoms with Crippen LogP contribution in [0.4, 0.5) is 5.13 Å². The Hall–Kier alpha value is -1.30. The minimum absolute atomic E-state index is 0.218. The maximum Gasteiger partial charge on any atom is 0.369 e. The predicted molar refractivity (Wildman–Crippen MR) is 49.7 cm³/mol. The van der Waals surface area contributed by atoms with Crippen molar-refractivity contribution in [3.8, 4) is 0 Å². The molecule has 0 radical (unpaired) electrons. The third kappa shape index (κ3) is 2.59. The van der Waals surface area contributed by atoms with Gasteiger partial charge in [0.05, 0.1) is 6.61 Å². The molecule has 0 aliphatic carbocycles. The normalized spacial score (nSPS) is 9.62. The Morgan fingerprint density at radius 1 is 1.69 bits per heavy atom. The number of aromatic nitrogens is 2. The van der Waals surface area contributed by atoms with Gasteiger partial charge in [0.15, 0.2) is 0 Å². The zero-order chi connectivity index (χ0) is 9.68. The van der Waals surface area contributed by atoms with Crippen LogP contribution < -0.4 is 0 Å². The Labute approximate surface area is 79.5 Å². The Morgan fingerprint density at radius 3 is 3.00 bits per heavy atom. The molecule has 0 saturated carbocycles. The molecule has 0 aliphatic heterocycles. The summed E-state index contributed by atoms with van der Waals surface area (Å²) in [5.74, 6) is -0.450. The Bertz CT molecular complexity index is 310. The van der Waals surface area contributed by atoms with Crippen LogP contribution in [0.1, 0.15) is 23.1 Å². The van der Waals surface area contributed by atoms with Crippen LogP contribution in [-0.4, -0.2) is 29.5 Å². The van der Waals surface area contributed by atoms with E-state index in [0.29, 0.717) is 11.7 Å². The highest BCUT2D eigenvalue weighted by atomic mass is 32.1. The van der Waals surface area contributed by atoms with Gasteiger partial charge < -0.3 is 4.74 Å². The summed E-state index contributed by atoms with van der Waals surface area (Å²) in [6.07, 6.45) is 0.789. The maximum atomic E-state index is 11.2. The Morgan fingerprint density at radius 2 is 2.46 bits per heavy atom. The molecule has 0 amide bonds. The predicted octanol–water partition coefficient (Wildman–Crippen LogP) is 1.44. The fourth-order valence-corrected chi connectivity index (χ4v) is 1.16. The highest BCUT2D eigenvalue weighted by Gasteiger charge is 2.12. The van der Waals surface area contributed by atoms with Crippen molar-refractivity contribution >= 4 is 29.2 Å². The van der Waals surface area contributed by atoms with Gasteiger partial charge in [-0.3, -0.25) is 0 Å². The van der Waals surface area contributed by atoms with E-state index < -0.39 is 5.97 Å². The van der Waals surface area contributed by atoms with Crippen molar-refractivity contribution in [3.05, 3.63) is 5.01 Å². The second-order valence-electron chi connectivity index (χ2n) is 2.18. The van der Waals surface area contributed by atoms with E-state index in [1.807, 2.05) is 6.92 Å². The summed E-state index contributed by atoms with van der Waals surface area (Å²) in [7, 11) is 0. The largest absolute Gasteiger partial charge is 0.460 e. The van der Waals surface area contributed by atoms with E-state index in [9.17, 15) is 4.79 Å². The maximum absolute atomic E-state index is 11.2. The highest BCUT2D eigenvalue weighted by Crippen LogP contribution is 2.17. The van der Waals surface area contributed by atoms with Gasteiger partial charge in [0.1, 0.15) is 0 Å². The molecule has 0 bridgehead atoms. The molecule has 0 atom stereocenters. The molecule has 0 aromatic carbocycles. The standard InChI is InChI=1S/C7H9N3O2S/c1-3-4-12-6(11)5-9-10-7(8-2)13-5/h2-4H2,1H3. The third-order valence-electron chi connectivity index (χ3n) is 1.16. The fourth-order valence-electron chi connectivity index (χ4n) is 0.618. The van der Waals surface area contributed by atoms with Crippen molar-refractivity contribution in [2.45, 2.75) is 13.3 Å². The van der Waals surface area contributed by atoms with Crippen molar-refractivity contribution in [2.75, 3.05) is 6.61 Å². The molecule has 0 saturated heterocycles. The quantitative estimate of drug-likeness (QED) is 0.543. The van der Waals surface area contributed by atoms with E-state index >= 15 is 0 Å². The van der Waals surface area contributed by atoms with Gasteiger partial charge in [-0.15, -0.1) is 10.2 Å². The van der Waals surface area contributed by atoms with E-state index in [0.717, 1.165) is 17.8 Å². The number of ether oxygens (including phenoxy) is 1. The SMILES string of the molecule is C=Nc1nnc(C(=O)OCCC)s1. The molecule has 0 aliphatic rings. The summed E-state index contributed by atoms with van der Waals surface area (Å²) < 4.78 is 4.84. The molecule has 0 fully saturated rings. The molecule has 13 heavy (non-hydrogen) atoms. The Balaban J connectivity index is 2.60. The van der Waals surface area contributed by atoms with Crippen LogP contribution in [0.5, 0.6) is 0 Å². The molecule has 70 valence electrons. The minimum Gasteiger partial charge on any atom is -0.460 e. The topological polar surface area (TPSA) is 64.4 Å². The summed E-state index contributed by atoms with van der Waals surface area (Å²) in [6, 6.07) is 0. The first-order chi connectivity index (χ1) is 6.27. The zero-order valence-electron chi connectivity index (χ0n) is 7.19. The van der Waals surface area contributed by atoms with Crippen molar-refractivity contribution < 1.29 is 9.53 Å². The lowest BCUT2D eigenvalue weighted by atomic mass is 10.5. The van der Waals surface area contributed by atoms with Crippen molar-refractivity contribution in [2.24, 2.45) is 4.99 Å². The molecule has 1 aromatic heterocycles. The molecule has 0 spiro atoms. The number of carbonyl (C=O) groups excluding carboxylic acids is 1. The van der Waals surface area contributed by atoms with Gasteiger partial charge in [-0.05, 0) is 13.1 Å². The van der Waals surface area contributed by atoms with Crippen LogP contribution in [-0.2, 0) is 4.74 Å². The van der Waals surface area contributed by atoms with Gasteiger partial charge >= 0.3 is 5.97 Å². The van der Waals surface area contributed by atoms with E-state index in [1.54, 1.807) is 0 Å². The van der Waals surface area contributed by atoms with E-state index in [1.165, 1.54) is 0 Å². The lowest BCUT2D eigenvalue weighted by Gasteiger charge is -1.96. The first kappa shape index (κ1) is 9.79. The monoisotopic (exact) mass is 199 g/mol. The van der Waals surface area contributed by atoms with Crippen LogP contribution in [0.25, 0.3) is 0 Å². The minimum atomic E-state index is -0.450. The second-order valence-corrected chi connectivity index (χ2v) is 3.14. The molecule has 1 aromatic rings. The summed E-state index contributed by atoms with van der Waals surface area (Å²) >= 11 is 1.07. The number of esters is 1. The van der Waals surface area contributed by atoms with Crippen LogP contribution in [0.3, 0.4) is 0 Å². The number of hydrogen-bond donors (Lipinski definition) is 0. The van der Waals surface area contributed by atoms with E-state index in [4.69, 9.17) is 4.74 Å². The van der Waals surface area contributed by atoms with Crippen molar-refractivity contribution in [3.63, 3.8) is 0 Å². The van der Waals surface area contributed by atoms with Crippen molar-refractivity contribution in [1.29, 1.82) is 0 Å². The van der Waals surface area contributed by atoms with Gasteiger partial charge in [-0.1, -0.05) is 18.3 Å².